The Hall–Kier alpha value is -3.15. The topological polar surface area (TPSA) is 78.5 Å². The second-order valence-corrected chi connectivity index (χ2v) is 10.0. The number of para-hydroxylation sites is 1. The van der Waals surface area contributed by atoms with Crippen molar-refractivity contribution in [2.24, 2.45) is 5.92 Å². The predicted octanol–water partition coefficient (Wildman–Crippen LogP) is 4.45. The lowest BCUT2D eigenvalue weighted by molar-refractivity contribution is -0.135. The molecule has 2 rings (SSSR count). The van der Waals surface area contributed by atoms with Crippen LogP contribution in [0.2, 0.25) is 0 Å². The summed E-state index contributed by atoms with van der Waals surface area (Å²) in [5.74, 6) is -1.04. The van der Waals surface area contributed by atoms with Crippen molar-refractivity contribution in [3.8, 4) is 0 Å². The van der Waals surface area contributed by atoms with Gasteiger partial charge in [-0.2, -0.15) is 0 Å². The molecule has 2 N–H and O–H groups in total. The highest BCUT2D eigenvalue weighted by Crippen LogP contribution is 2.22. The van der Waals surface area contributed by atoms with E-state index in [1.54, 1.807) is 19.2 Å². The summed E-state index contributed by atoms with van der Waals surface area (Å²) in [4.78, 5) is 39.9. The maximum Gasteiger partial charge on any atom is 0.251 e. The number of rotatable bonds is 7. The Kier molecular flexibility index (Phi) is 8.42. The molecule has 6 heteroatoms. The Bertz CT molecular complexity index is 984. The van der Waals surface area contributed by atoms with Crippen LogP contribution in [-0.2, 0) is 15.0 Å². The average molecular weight is 452 g/mol. The van der Waals surface area contributed by atoms with Gasteiger partial charge in [0.2, 0.25) is 11.8 Å². The van der Waals surface area contributed by atoms with Crippen LogP contribution >= 0.6 is 0 Å². The van der Waals surface area contributed by atoms with E-state index in [-0.39, 0.29) is 35.6 Å². The van der Waals surface area contributed by atoms with Crippen molar-refractivity contribution in [3.05, 3.63) is 64.7 Å². The molecule has 0 aliphatic rings. The van der Waals surface area contributed by atoms with E-state index >= 15 is 0 Å². The van der Waals surface area contributed by atoms with E-state index in [0.717, 1.165) is 22.4 Å². The molecule has 1 atom stereocenters. The number of likely N-dealkylation sites (N-methyl/N-ethyl adjacent to an activating group) is 1. The molecule has 1 unspecified atom stereocenters. The molecule has 0 spiro atoms. The highest BCUT2D eigenvalue weighted by molar-refractivity contribution is 5.99. The molecule has 0 radical (unpaired) electrons. The van der Waals surface area contributed by atoms with Gasteiger partial charge in [-0.25, -0.2) is 0 Å². The monoisotopic (exact) mass is 451 g/mol. The quantitative estimate of drug-likeness (QED) is 0.653. The number of hydrogen-bond acceptors (Lipinski definition) is 3. The Labute approximate surface area is 197 Å². The number of benzene rings is 2. The van der Waals surface area contributed by atoms with Gasteiger partial charge in [-0.3, -0.25) is 14.4 Å². The van der Waals surface area contributed by atoms with Gasteiger partial charge in [0.1, 0.15) is 6.04 Å². The van der Waals surface area contributed by atoms with Gasteiger partial charge >= 0.3 is 0 Å². The third-order valence-corrected chi connectivity index (χ3v) is 5.73. The van der Waals surface area contributed by atoms with Crippen molar-refractivity contribution in [2.75, 3.05) is 18.9 Å². The highest BCUT2D eigenvalue weighted by atomic mass is 16.2. The Morgan fingerprint density at radius 2 is 1.48 bits per heavy atom. The lowest BCUT2D eigenvalue weighted by Gasteiger charge is -2.27. The minimum atomic E-state index is -0.738. The number of amides is 3. The number of aryl methyl sites for hydroxylation is 2. The molecule has 0 fully saturated rings. The summed E-state index contributed by atoms with van der Waals surface area (Å²) < 4.78 is 0. The molecule has 0 saturated carbocycles. The Morgan fingerprint density at radius 3 is 1.97 bits per heavy atom. The molecule has 178 valence electrons. The van der Waals surface area contributed by atoms with Crippen LogP contribution in [0.3, 0.4) is 0 Å². The van der Waals surface area contributed by atoms with Crippen LogP contribution in [0.25, 0.3) is 0 Å². The van der Waals surface area contributed by atoms with Crippen molar-refractivity contribution < 1.29 is 14.4 Å². The minimum absolute atomic E-state index is 0.00838. The van der Waals surface area contributed by atoms with Gasteiger partial charge in [-0.15, -0.1) is 0 Å². The van der Waals surface area contributed by atoms with E-state index in [1.807, 2.05) is 58.0 Å². The fourth-order valence-corrected chi connectivity index (χ4v) is 3.58. The first-order valence-electron chi connectivity index (χ1n) is 11.3. The van der Waals surface area contributed by atoms with Crippen molar-refractivity contribution in [3.63, 3.8) is 0 Å². The van der Waals surface area contributed by atoms with Crippen LogP contribution in [0.5, 0.6) is 0 Å². The first kappa shape index (κ1) is 26.1. The summed E-state index contributed by atoms with van der Waals surface area (Å²) in [5.41, 5.74) is 4.30. The van der Waals surface area contributed by atoms with Gasteiger partial charge in [0.15, 0.2) is 0 Å². The molecule has 0 heterocycles. The van der Waals surface area contributed by atoms with Crippen molar-refractivity contribution in [1.29, 1.82) is 0 Å². The van der Waals surface area contributed by atoms with Gasteiger partial charge in [0, 0.05) is 18.3 Å². The molecule has 0 bridgehead atoms. The lowest BCUT2D eigenvalue weighted by atomic mass is 9.86. The molecular formula is C27H37N3O3. The molecular weight excluding hydrogens is 414 g/mol. The van der Waals surface area contributed by atoms with Crippen molar-refractivity contribution in [2.45, 2.75) is 59.9 Å². The molecule has 2 aromatic rings. The first-order chi connectivity index (χ1) is 15.3. The molecule has 6 nitrogen and oxygen atoms in total. The zero-order valence-electron chi connectivity index (χ0n) is 21.1. The zero-order chi connectivity index (χ0) is 24.9. The van der Waals surface area contributed by atoms with Crippen molar-refractivity contribution in [1.82, 2.24) is 10.2 Å². The number of carbonyl (C=O) groups is 3. The SMILES string of the molecule is Cc1cccc(C)c1NC(=O)CN(C)C(=O)C(NC(=O)c1ccc(C(C)(C)C)cc1)C(C)C. The lowest BCUT2D eigenvalue weighted by Crippen LogP contribution is -2.51. The van der Waals surface area contributed by atoms with E-state index in [0.29, 0.717) is 5.56 Å². The summed E-state index contributed by atoms with van der Waals surface area (Å²) in [6.45, 7) is 13.8. The van der Waals surface area contributed by atoms with Gasteiger partial charge in [0.25, 0.3) is 5.91 Å². The first-order valence-corrected chi connectivity index (χ1v) is 11.3. The van der Waals surface area contributed by atoms with Crippen LogP contribution < -0.4 is 10.6 Å². The number of nitrogens with one attached hydrogen (secondary N) is 2. The maximum atomic E-state index is 13.1. The van der Waals surface area contributed by atoms with E-state index in [1.165, 1.54) is 4.90 Å². The third kappa shape index (κ3) is 6.91. The van der Waals surface area contributed by atoms with E-state index in [4.69, 9.17) is 0 Å². The smallest absolute Gasteiger partial charge is 0.251 e. The zero-order valence-corrected chi connectivity index (χ0v) is 21.1. The van der Waals surface area contributed by atoms with Gasteiger partial charge < -0.3 is 15.5 Å². The van der Waals surface area contributed by atoms with Crippen LogP contribution in [-0.4, -0.2) is 42.3 Å². The van der Waals surface area contributed by atoms with Crippen LogP contribution in [0.4, 0.5) is 5.69 Å². The summed E-state index contributed by atoms with van der Waals surface area (Å²) >= 11 is 0. The normalized spacial score (nSPS) is 12.3. The number of carbonyl (C=O) groups excluding carboxylic acids is 3. The largest absolute Gasteiger partial charge is 0.340 e. The number of hydrogen-bond donors (Lipinski definition) is 2. The number of anilines is 1. The molecule has 0 saturated heterocycles. The second kappa shape index (κ2) is 10.6. The number of nitrogens with zero attached hydrogens (tertiary/aromatic N) is 1. The molecule has 33 heavy (non-hydrogen) atoms. The van der Waals surface area contributed by atoms with E-state index in [2.05, 4.69) is 31.4 Å². The fraction of sp³-hybridized carbons (Fsp3) is 0.444. The van der Waals surface area contributed by atoms with Crippen LogP contribution in [0.15, 0.2) is 42.5 Å². The molecule has 0 aliphatic heterocycles. The summed E-state index contributed by atoms with van der Waals surface area (Å²) in [5, 5.41) is 5.75. The highest BCUT2D eigenvalue weighted by Gasteiger charge is 2.28. The second-order valence-electron chi connectivity index (χ2n) is 10.0. The Balaban J connectivity index is 2.06. The predicted molar refractivity (Wildman–Crippen MR) is 133 cm³/mol. The van der Waals surface area contributed by atoms with E-state index in [9.17, 15) is 14.4 Å². The summed E-state index contributed by atoms with van der Waals surface area (Å²) in [7, 11) is 1.58. The summed E-state index contributed by atoms with van der Waals surface area (Å²) in [6, 6.07) is 12.5. The molecule has 3 amide bonds. The summed E-state index contributed by atoms with van der Waals surface area (Å²) in [6.07, 6.45) is 0. The van der Waals surface area contributed by atoms with Gasteiger partial charge in [0.05, 0.1) is 6.54 Å². The van der Waals surface area contributed by atoms with Crippen LogP contribution in [0.1, 0.15) is 61.7 Å². The molecule has 2 aromatic carbocycles. The van der Waals surface area contributed by atoms with E-state index < -0.39 is 6.04 Å². The standard InChI is InChI=1S/C27H37N3O3/c1-17(2)23(29-25(32)20-12-14-21(15-13-20)27(5,6)7)26(33)30(8)16-22(31)28-24-18(3)10-9-11-19(24)4/h9-15,17,23H,16H2,1-8H3,(H,28,31)(H,29,32). The average Bonchev–Trinajstić information content (AvgIpc) is 2.73. The van der Waals surface area contributed by atoms with Crippen LogP contribution in [0, 0.1) is 19.8 Å². The van der Waals surface area contributed by atoms with Gasteiger partial charge in [-0.05, 0) is 54.0 Å². The van der Waals surface area contributed by atoms with Gasteiger partial charge in [-0.1, -0.05) is 65.0 Å². The maximum absolute atomic E-state index is 13.1. The third-order valence-electron chi connectivity index (χ3n) is 5.73. The molecule has 0 aromatic heterocycles. The Morgan fingerprint density at radius 1 is 0.939 bits per heavy atom. The minimum Gasteiger partial charge on any atom is -0.340 e. The fourth-order valence-electron chi connectivity index (χ4n) is 3.58. The molecule has 0 aliphatic carbocycles. The van der Waals surface area contributed by atoms with Crippen molar-refractivity contribution >= 4 is 23.4 Å².